The van der Waals surface area contributed by atoms with E-state index in [4.69, 9.17) is 16.3 Å². The van der Waals surface area contributed by atoms with E-state index in [-0.39, 0.29) is 0 Å². The van der Waals surface area contributed by atoms with E-state index < -0.39 is 0 Å². The van der Waals surface area contributed by atoms with Gasteiger partial charge in [-0.15, -0.1) is 11.6 Å². The standard InChI is InChI=1S/C8H15ClO/c1-10-6-7-4-2-3-5-8(7)9/h7-8H,2-6H2,1H3/t7-,8+/m1/s1. The molecule has 0 N–H and O–H groups in total. The first-order chi connectivity index (χ1) is 4.84. The van der Waals surface area contributed by atoms with Crippen molar-refractivity contribution in [3.05, 3.63) is 0 Å². The summed E-state index contributed by atoms with van der Waals surface area (Å²) in [5.41, 5.74) is 0. The third-order valence-corrected chi connectivity index (χ3v) is 2.77. The van der Waals surface area contributed by atoms with Crippen molar-refractivity contribution in [1.29, 1.82) is 0 Å². The largest absolute Gasteiger partial charge is 0.384 e. The van der Waals surface area contributed by atoms with Gasteiger partial charge in [-0.1, -0.05) is 12.8 Å². The first-order valence-electron chi connectivity index (χ1n) is 3.97. The summed E-state index contributed by atoms with van der Waals surface area (Å²) in [6.45, 7) is 0.841. The van der Waals surface area contributed by atoms with Crippen molar-refractivity contribution in [1.82, 2.24) is 0 Å². The monoisotopic (exact) mass is 162 g/mol. The molecule has 0 spiro atoms. The maximum Gasteiger partial charge on any atom is 0.0504 e. The van der Waals surface area contributed by atoms with E-state index in [2.05, 4.69) is 0 Å². The second-order valence-corrected chi connectivity index (χ2v) is 3.58. The van der Waals surface area contributed by atoms with Crippen LogP contribution in [0.15, 0.2) is 0 Å². The number of hydrogen-bond acceptors (Lipinski definition) is 1. The zero-order valence-corrected chi connectivity index (χ0v) is 7.23. The highest BCUT2D eigenvalue weighted by molar-refractivity contribution is 6.20. The fourth-order valence-corrected chi connectivity index (χ4v) is 1.92. The predicted octanol–water partition coefficient (Wildman–Crippen LogP) is 2.43. The molecular formula is C8H15ClO. The van der Waals surface area contributed by atoms with Gasteiger partial charge in [0.25, 0.3) is 0 Å². The zero-order valence-electron chi connectivity index (χ0n) is 6.48. The van der Waals surface area contributed by atoms with Gasteiger partial charge in [0.1, 0.15) is 0 Å². The third kappa shape index (κ3) is 2.14. The molecule has 60 valence electrons. The molecule has 0 saturated heterocycles. The molecule has 0 heterocycles. The summed E-state index contributed by atoms with van der Waals surface area (Å²) in [7, 11) is 1.75. The van der Waals surface area contributed by atoms with Gasteiger partial charge in [0.05, 0.1) is 6.61 Å². The molecule has 0 amide bonds. The topological polar surface area (TPSA) is 9.23 Å². The maximum absolute atomic E-state index is 6.08. The van der Waals surface area contributed by atoms with E-state index in [9.17, 15) is 0 Å². The molecule has 1 aliphatic carbocycles. The summed E-state index contributed by atoms with van der Waals surface area (Å²) >= 11 is 6.08. The highest BCUT2D eigenvalue weighted by atomic mass is 35.5. The van der Waals surface area contributed by atoms with Crippen LogP contribution in [0.4, 0.5) is 0 Å². The minimum Gasteiger partial charge on any atom is -0.384 e. The number of methoxy groups -OCH3 is 1. The second kappa shape index (κ2) is 4.20. The van der Waals surface area contributed by atoms with E-state index in [1.165, 1.54) is 25.7 Å². The third-order valence-electron chi connectivity index (χ3n) is 2.20. The van der Waals surface area contributed by atoms with Gasteiger partial charge in [0, 0.05) is 12.5 Å². The van der Waals surface area contributed by atoms with Crippen LogP contribution in [0.25, 0.3) is 0 Å². The molecule has 1 nitrogen and oxygen atoms in total. The number of hydrogen-bond donors (Lipinski definition) is 0. The lowest BCUT2D eigenvalue weighted by Gasteiger charge is -2.25. The Hall–Kier alpha value is 0.250. The Bertz CT molecular complexity index is 93.3. The lowest BCUT2D eigenvalue weighted by atomic mass is 9.89. The molecule has 0 radical (unpaired) electrons. The van der Waals surface area contributed by atoms with Crippen molar-refractivity contribution in [3.8, 4) is 0 Å². The molecule has 1 saturated carbocycles. The summed E-state index contributed by atoms with van der Waals surface area (Å²) in [6, 6.07) is 0. The van der Waals surface area contributed by atoms with Gasteiger partial charge in [0.2, 0.25) is 0 Å². The maximum atomic E-state index is 6.08. The molecule has 1 rings (SSSR count). The lowest BCUT2D eigenvalue weighted by Crippen LogP contribution is -2.23. The van der Waals surface area contributed by atoms with Gasteiger partial charge >= 0.3 is 0 Å². The molecule has 1 fully saturated rings. The van der Waals surface area contributed by atoms with Crippen LogP contribution >= 0.6 is 11.6 Å². The predicted molar refractivity (Wildman–Crippen MR) is 43.5 cm³/mol. The van der Waals surface area contributed by atoms with Crippen molar-refractivity contribution >= 4 is 11.6 Å². The summed E-state index contributed by atoms with van der Waals surface area (Å²) in [5, 5.41) is 0.369. The van der Waals surface area contributed by atoms with E-state index in [0.29, 0.717) is 11.3 Å². The Balaban J connectivity index is 2.25. The van der Waals surface area contributed by atoms with E-state index >= 15 is 0 Å². The first-order valence-corrected chi connectivity index (χ1v) is 4.41. The van der Waals surface area contributed by atoms with Crippen molar-refractivity contribution in [2.75, 3.05) is 13.7 Å². The fourth-order valence-electron chi connectivity index (χ4n) is 1.56. The van der Waals surface area contributed by atoms with Crippen LogP contribution in [0.5, 0.6) is 0 Å². The Labute approximate surface area is 67.7 Å². The Morgan fingerprint density at radius 3 is 2.70 bits per heavy atom. The highest BCUT2D eigenvalue weighted by Gasteiger charge is 2.22. The molecule has 0 aromatic heterocycles. The van der Waals surface area contributed by atoms with Crippen molar-refractivity contribution in [2.24, 2.45) is 5.92 Å². The molecule has 0 aromatic rings. The van der Waals surface area contributed by atoms with Crippen molar-refractivity contribution < 1.29 is 4.74 Å². The van der Waals surface area contributed by atoms with Crippen LogP contribution in [0, 0.1) is 5.92 Å². The average Bonchev–Trinajstić information content (AvgIpc) is 1.94. The molecule has 2 heteroatoms. The summed E-state index contributed by atoms with van der Waals surface area (Å²) in [6.07, 6.45) is 5.06. The second-order valence-electron chi connectivity index (χ2n) is 3.02. The number of halogens is 1. The smallest absolute Gasteiger partial charge is 0.0504 e. The molecule has 10 heavy (non-hydrogen) atoms. The normalized spacial score (nSPS) is 34.2. The summed E-state index contributed by atoms with van der Waals surface area (Å²) in [4.78, 5) is 0. The van der Waals surface area contributed by atoms with Crippen molar-refractivity contribution in [3.63, 3.8) is 0 Å². The zero-order chi connectivity index (χ0) is 7.40. The molecule has 0 bridgehead atoms. The molecule has 0 unspecified atom stereocenters. The molecular weight excluding hydrogens is 148 g/mol. The first kappa shape index (κ1) is 8.35. The fraction of sp³-hybridized carbons (Fsp3) is 1.00. The van der Waals surface area contributed by atoms with Gasteiger partial charge < -0.3 is 4.74 Å². The van der Waals surface area contributed by atoms with Crippen LogP contribution in [-0.4, -0.2) is 19.1 Å². The van der Waals surface area contributed by atoms with Crippen LogP contribution < -0.4 is 0 Å². The van der Waals surface area contributed by atoms with Crippen LogP contribution in [0.1, 0.15) is 25.7 Å². The van der Waals surface area contributed by atoms with E-state index in [0.717, 1.165) is 6.61 Å². The quantitative estimate of drug-likeness (QED) is 0.567. The van der Waals surface area contributed by atoms with Gasteiger partial charge in [-0.3, -0.25) is 0 Å². The highest BCUT2D eigenvalue weighted by Crippen LogP contribution is 2.28. The summed E-state index contributed by atoms with van der Waals surface area (Å²) < 4.78 is 5.07. The van der Waals surface area contributed by atoms with Gasteiger partial charge in [-0.2, -0.15) is 0 Å². The van der Waals surface area contributed by atoms with E-state index in [1.54, 1.807) is 7.11 Å². The minimum absolute atomic E-state index is 0.369. The molecule has 2 atom stereocenters. The molecule has 0 aliphatic heterocycles. The summed E-state index contributed by atoms with van der Waals surface area (Å²) in [5.74, 6) is 0.611. The van der Waals surface area contributed by atoms with Crippen molar-refractivity contribution in [2.45, 2.75) is 31.1 Å². The van der Waals surface area contributed by atoms with Gasteiger partial charge in [-0.05, 0) is 18.8 Å². The van der Waals surface area contributed by atoms with Crippen LogP contribution in [0.2, 0.25) is 0 Å². The number of ether oxygens (including phenoxy) is 1. The van der Waals surface area contributed by atoms with Gasteiger partial charge in [-0.25, -0.2) is 0 Å². The van der Waals surface area contributed by atoms with Crippen LogP contribution in [0.3, 0.4) is 0 Å². The van der Waals surface area contributed by atoms with Gasteiger partial charge in [0.15, 0.2) is 0 Å². The SMILES string of the molecule is COC[C@H]1CCCC[C@@H]1Cl. The average molecular weight is 163 g/mol. The Kier molecular flexibility index (Phi) is 3.50. The van der Waals surface area contributed by atoms with E-state index in [1.807, 2.05) is 0 Å². The lowest BCUT2D eigenvalue weighted by molar-refractivity contribution is 0.133. The number of alkyl halides is 1. The molecule has 1 aliphatic rings. The Morgan fingerprint density at radius 2 is 2.10 bits per heavy atom. The van der Waals surface area contributed by atoms with Crippen LogP contribution in [-0.2, 0) is 4.74 Å². The molecule has 0 aromatic carbocycles. The Morgan fingerprint density at radius 1 is 1.40 bits per heavy atom. The minimum atomic E-state index is 0.369. The number of rotatable bonds is 2.